The molecule has 0 atom stereocenters. The van der Waals surface area contributed by atoms with E-state index in [0.717, 1.165) is 0 Å². The molecule has 0 saturated carbocycles. The fourth-order valence-electron chi connectivity index (χ4n) is 2.15. The van der Waals surface area contributed by atoms with Gasteiger partial charge in [-0.3, -0.25) is 0 Å². The van der Waals surface area contributed by atoms with Gasteiger partial charge in [0.2, 0.25) is 0 Å². The molecule has 0 radical (unpaired) electrons. The summed E-state index contributed by atoms with van der Waals surface area (Å²) in [6.45, 7) is 0. The summed E-state index contributed by atoms with van der Waals surface area (Å²) in [6.07, 6.45) is 6.21. The third-order valence-electron chi connectivity index (χ3n) is 3.23. The lowest BCUT2D eigenvalue weighted by atomic mass is 10.1. The van der Waals surface area contributed by atoms with E-state index >= 15 is 0 Å². The molecule has 0 saturated heterocycles. The van der Waals surface area contributed by atoms with Crippen molar-refractivity contribution in [1.82, 2.24) is 0 Å². The minimum absolute atomic E-state index is 0.0189. The Morgan fingerprint density at radius 3 is 2.24 bits per heavy atom. The first-order valence-corrected chi connectivity index (χ1v) is 7.95. The summed E-state index contributed by atoms with van der Waals surface area (Å²) in [5.41, 5.74) is 0.486. The number of carbonyl (C=O) groups excluding carboxylic acids is 2. The number of anilines is 1. The smallest absolute Gasteiger partial charge is 0.355 e. The lowest BCUT2D eigenvalue weighted by Crippen LogP contribution is -2.26. The summed E-state index contributed by atoms with van der Waals surface area (Å²) in [5.74, 6) is -3.96. The van der Waals surface area contributed by atoms with Crippen molar-refractivity contribution in [3.8, 4) is 0 Å². The second kappa shape index (κ2) is 8.48. The molecule has 1 aliphatic rings. The monoisotopic (exact) mass is 367 g/mol. The summed E-state index contributed by atoms with van der Waals surface area (Å²) in [4.78, 5) is 26.1. The molecule has 132 valence electrons. The average Bonchev–Trinajstić information content (AvgIpc) is 2.83. The Hall–Kier alpha value is -2.61. The van der Waals surface area contributed by atoms with Crippen LogP contribution < -0.4 is 4.90 Å². The maximum absolute atomic E-state index is 12.4. The van der Waals surface area contributed by atoms with Crippen molar-refractivity contribution in [3.05, 3.63) is 60.0 Å². The van der Waals surface area contributed by atoms with E-state index in [0.29, 0.717) is 22.3 Å². The third-order valence-corrected chi connectivity index (χ3v) is 3.95. The highest BCUT2D eigenvalue weighted by Gasteiger charge is 2.27. The highest BCUT2D eigenvalue weighted by Crippen LogP contribution is 2.30. The second-order valence-electron chi connectivity index (χ2n) is 4.69. The van der Waals surface area contributed by atoms with Gasteiger partial charge >= 0.3 is 11.9 Å². The van der Waals surface area contributed by atoms with Gasteiger partial charge in [0.1, 0.15) is 5.70 Å². The van der Waals surface area contributed by atoms with Crippen LogP contribution in [-0.4, -0.2) is 31.9 Å². The number of hydrogen-bond donors (Lipinski definition) is 0. The van der Waals surface area contributed by atoms with Gasteiger partial charge in [0.05, 0.1) is 19.8 Å². The first-order valence-electron chi connectivity index (χ1n) is 7.07. The SMILES string of the molecule is COC(=O)C1=C(C(=O)OC)N(c2ccc(SC(F)F)cc2)C=CC=C1. The van der Waals surface area contributed by atoms with Crippen molar-refractivity contribution < 1.29 is 27.8 Å². The van der Waals surface area contributed by atoms with Gasteiger partial charge in [-0.25, -0.2) is 9.59 Å². The summed E-state index contributed by atoms with van der Waals surface area (Å²) < 4.78 is 34.4. The van der Waals surface area contributed by atoms with Crippen molar-refractivity contribution in [1.29, 1.82) is 0 Å². The predicted molar refractivity (Wildman–Crippen MR) is 90.1 cm³/mol. The van der Waals surface area contributed by atoms with Gasteiger partial charge in [0.15, 0.2) is 0 Å². The van der Waals surface area contributed by atoms with E-state index in [-0.39, 0.29) is 11.3 Å². The van der Waals surface area contributed by atoms with Crippen LogP contribution in [0.3, 0.4) is 0 Å². The molecule has 0 aliphatic carbocycles. The first-order chi connectivity index (χ1) is 12.0. The van der Waals surface area contributed by atoms with Crippen LogP contribution in [0.1, 0.15) is 0 Å². The molecule has 25 heavy (non-hydrogen) atoms. The van der Waals surface area contributed by atoms with Crippen LogP contribution in [-0.2, 0) is 19.1 Å². The first kappa shape index (κ1) is 18.7. The Morgan fingerprint density at radius 1 is 1.04 bits per heavy atom. The van der Waals surface area contributed by atoms with Crippen LogP contribution in [0.25, 0.3) is 0 Å². The van der Waals surface area contributed by atoms with Crippen LogP contribution in [0.5, 0.6) is 0 Å². The number of carbonyl (C=O) groups is 2. The van der Waals surface area contributed by atoms with E-state index < -0.39 is 17.7 Å². The third kappa shape index (κ3) is 4.48. The zero-order valence-corrected chi connectivity index (χ0v) is 14.3. The molecule has 0 aromatic heterocycles. The van der Waals surface area contributed by atoms with Crippen LogP contribution in [0, 0.1) is 0 Å². The van der Waals surface area contributed by atoms with E-state index in [9.17, 15) is 18.4 Å². The van der Waals surface area contributed by atoms with Crippen molar-refractivity contribution in [2.75, 3.05) is 19.1 Å². The fourth-order valence-corrected chi connectivity index (χ4v) is 2.65. The zero-order valence-electron chi connectivity index (χ0n) is 13.4. The van der Waals surface area contributed by atoms with E-state index in [4.69, 9.17) is 9.47 Å². The molecule has 0 fully saturated rings. The Labute approximate surface area is 147 Å². The van der Waals surface area contributed by atoms with Crippen LogP contribution >= 0.6 is 11.8 Å². The van der Waals surface area contributed by atoms with Gasteiger partial charge in [0, 0.05) is 16.8 Å². The van der Waals surface area contributed by atoms with Crippen molar-refractivity contribution in [3.63, 3.8) is 0 Å². The molecule has 0 spiro atoms. The van der Waals surface area contributed by atoms with Gasteiger partial charge in [0.25, 0.3) is 5.76 Å². The second-order valence-corrected chi connectivity index (χ2v) is 5.75. The fraction of sp³-hybridized carbons (Fsp3) is 0.176. The number of methoxy groups -OCH3 is 2. The van der Waals surface area contributed by atoms with Crippen molar-refractivity contribution >= 4 is 29.4 Å². The molecule has 0 unspecified atom stereocenters. The number of alkyl halides is 2. The number of rotatable bonds is 5. The maximum atomic E-state index is 12.4. The Kier molecular flexibility index (Phi) is 6.35. The molecule has 0 N–H and O–H groups in total. The highest BCUT2D eigenvalue weighted by molar-refractivity contribution is 7.99. The maximum Gasteiger partial charge on any atom is 0.355 e. The minimum atomic E-state index is -2.52. The molecule has 2 rings (SSSR count). The van der Waals surface area contributed by atoms with E-state index in [1.54, 1.807) is 30.5 Å². The summed E-state index contributed by atoms with van der Waals surface area (Å²) in [5, 5.41) is 0. The Bertz CT molecular complexity index is 742. The number of nitrogens with zero attached hydrogens (tertiary/aromatic N) is 1. The van der Waals surface area contributed by atoms with Gasteiger partial charge in [-0.05, 0) is 36.4 Å². The van der Waals surface area contributed by atoms with Crippen molar-refractivity contribution in [2.45, 2.75) is 10.7 Å². The molecule has 0 bridgehead atoms. The van der Waals surface area contributed by atoms with E-state index in [2.05, 4.69) is 0 Å². The molecule has 8 heteroatoms. The zero-order chi connectivity index (χ0) is 18.4. The molecule has 1 aromatic rings. The van der Waals surface area contributed by atoms with E-state index in [1.807, 2.05) is 0 Å². The van der Waals surface area contributed by atoms with E-state index in [1.165, 1.54) is 37.3 Å². The highest BCUT2D eigenvalue weighted by atomic mass is 32.2. The van der Waals surface area contributed by atoms with Gasteiger partial charge in [-0.2, -0.15) is 8.78 Å². The standard InChI is InChI=1S/C17H15F2NO4S/c1-23-15(21)13-5-3-4-10-20(14(13)16(22)24-2)11-6-8-12(9-7-11)25-17(18)19/h3-10,17H,1-2H3. The number of thioether (sulfide) groups is 1. The molecule has 5 nitrogen and oxygen atoms in total. The quantitative estimate of drug-likeness (QED) is 0.587. The summed E-state index contributed by atoms with van der Waals surface area (Å²) >= 11 is 0.419. The van der Waals surface area contributed by atoms with Crippen LogP contribution in [0.15, 0.2) is 64.9 Å². The summed E-state index contributed by atoms with van der Waals surface area (Å²) in [6, 6.07) is 6.15. The van der Waals surface area contributed by atoms with Gasteiger partial charge in [-0.1, -0.05) is 17.8 Å². The number of esters is 2. The largest absolute Gasteiger partial charge is 0.465 e. The average molecular weight is 367 g/mol. The molecule has 0 amide bonds. The molecular formula is C17H15F2NO4S. The predicted octanol–water partition coefficient (Wildman–Crippen LogP) is 3.49. The summed E-state index contributed by atoms with van der Waals surface area (Å²) in [7, 11) is 2.40. The lowest BCUT2D eigenvalue weighted by Gasteiger charge is -2.23. The van der Waals surface area contributed by atoms with Gasteiger partial charge in [-0.15, -0.1) is 0 Å². The number of allylic oxidation sites excluding steroid dienone is 2. The number of halogens is 2. The molecule has 1 aromatic carbocycles. The van der Waals surface area contributed by atoms with Crippen LogP contribution in [0.4, 0.5) is 14.5 Å². The Morgan fingerprint density at radius 2 is 1.68 bits per heavy atom. The molecular weight excluding hydrogens is 352 g/mol. The number of benzene rings is 1. The molecule has 1 aliphatic heterocycles. The minimum Gasteiger partial charge on any atom is -0.465 e. The molecule has 1 heterocycles. The lowest BCUT2D eigenvalue weighted by molar-refractivity contribution is -0.139. The number of ether oxygens (including phenoxy) is 2. The normalized spacial score (nSPS) is 13.9. The van der Waals surface area contributed by atoms with Gasteiger partial charge < -0.3 is 14.4 Å². The number of hydrogen-bond acceptors (Lipinski definition) is 6. The van der Waals surface area contributed by atoms with Crippen molar-refractivity contribution in [2.24, 2.45) is 0 Å². The Balaban J connectivity index is 2.49. The van der Waals surface area contributed by atoms with Crippen LogP contribution in [0.2, 0.25) is 0 Å². The topological polar surface area (TPSA) is 55.8 Å².